The first-order valence-corrected chi connectivity index (χ1v) is 7.90. The monoisotopic (exact) mass is 304 g/mol. The van der Waals surface area contributed by atoms with E-state index in [2.05, 4.69) is 19.6 Å². The second kappa shape index (κ2) is 5.36. The molecule has 0 spiro atoms. The van der Waals surface area contributed by atoms with Gasteiger partial charge in [-0.1, -0.05) is 24.3 Å². The zero-order valence-corrected chi connectivity index (χ0v) is 13.7. The van der Waals surface area contributed by atoms with Gasteiger partial charge in [-0.15, -0.1) is 0 Å². The fraction of sp³-hybridized carbons (Fsp3) is 0.611. The molecule has 2 heterocycles. The molecule has 4 nitrogen and oxygen atoms in total. The van der Waals surface area contributed by atoms with Crippen LogP contribution in [0.3, 0.4) is 0 Å². The Kier molecular flexibility index (Phi) is 3.77. The third-order valence-electron chi connectivity index (χ3n) is 4.62. The third kappa shape index (κ3) is 2.77. The molecule has 2 aliphatic heterocycles. The minimum Gasteiger partial charge on any atom is -0.454 e. The minimum atomic E-state index is -0.321. The van der Waals surface area contributed by atoms with Crippen LogP contribution in [0.25, 0.3) is 0 Å². The van der Waals surface area contributed by atoms with Crippen LogP contribution in [-0.2, 0) is 19.0 Å². The van der Waals surface area contributed by atoms with Crippen molar-refractivity contribution in [1.82, 2.24) is 0 Å². The van der Waals surface area contributed by atoms with E-state index in [1.165, 1.54) is 0 Å². The van der Waals surface area contributed by atoms with E-state index in [0.29, 0.717) is 5.57 Å². The standard InChI is InChI=1S/C18H24O4/c1-10(2)20-14-9-18(5)15(22-18)7-6-11(3)8-13-16(14)12(4)17(19)21-13/h6-8,10,13-16H,4,9H2,1-3,5H3/b7-6-,11-8-/t13-,14+,15+,16-,18+/m0/s1. The molecule has 0 N–H and O–H groups in total. The minimum absolute atomic E-state index is 0.0681. The van der Waals surface area contributed by atoms with E-state index in [4.69, 9.17) is 14.2 Å². The first-order chi connectivity index (χ1) is 10.3. The maximum Gasteiger partial charge on any atom is 0.334 e. The average molecular weight is 304 g/mol. The molecule has 5 atom stereocenters. The Bertz CT molecular complexity index is 559. The molecule has 0 aromatic heterocycles. The number of esters is 1. The molecular weight excluding hydrogens is 280 g/mol. The van der Waals surface area contributed by atoms with Gasteiger partial charge >= 0.3 is 5.97 Å². The molecule has 0 amide bonds. The van der Waals surface area contributed by atoms with Crippen LogP contribution in [0.1, 0.15) is 34.1 Å². The molecular formula is C18H24O4. The zero-order valence-electron chi connectivity index (χ0n) is 13.7. The lowest BCUT2D eigenvalue weighted by molar-refractivity contribution is -0.137. The van der Waals surface area contributed by atoms with E-state index in [9.17, 15) is 4.79 Å². The lowest BCUT2D eigenvalue weighted by Crippen LogP contribution is -2.36. The topological polar surface area (TPSA) is 48.1 Å². The van der Waals surface area contributed by atoms with Gasteiger partial charge in [-0.3, -0.25) is 0 Å². The summed E-state index contributed by atoms with van der Waals surface area (Å²) in [6, 6.07) is 0. The summed E-state index contributed by atoms with van der Waals surface area (Å²) in [5.74, 6) is -0.476. The van der Waals surface area contributed by atoms with Crippen LogP contribution in [0.4, 0.5) is 0 Å². The van der Waals surface area contributed by atoms with Crippen molar-refractivity contribution >= 4 is 5.97 Å². The third-order valence-corrected chi connectivity index (χ3v) is 4.62. The van der Waals surface area contributed by atoms with Gasteiger partial charge in [0.05, 0.1) is 23.7 Å². The van der Waals surface area contributed by atoms with Gasteiger partial charge in [0, 0.05) is 12.0 Å². The lowest BCUT2D eigenvalue weighted by Gasteiger charge is -2.29. The van der Waals surface area contributed by atoms with Gasteiger partial charge in [0.1, 0.15) is 12.2 Å². The molecule has 0 aromatic rings. The molecule has 4 heteroatoms. The highest BCUT2D eigenvalue weighted by Gasteiger charge is 2.55. The molecule has 2 fully saturated rings. The second-order valence-electron chi connectivity index (χ2n) is 6.97. The highest BCUT2D eigenvalue weighted by atomic mass is 16.6. The Morgan fingerprint density at radius 2 is 2.18 bits per heavy atom. The van der Waals surface area contributed by atoms with Gasteiger partial charge in [-0.2, -0.15) is 0 Å². The largest absolute Gasteiger partial charge is 0.454 e. The van der Waals surface area contributed by atoms with Gasteiger partial charge in [0.2, 0.25) is 0 Å². The van der Waals surface area contributed by atoms with Crippen molar-refractivity contribution in [2.24, 2.45) is 5.92 Å². The summed E-state index contributed by atoms with van der Waals surface area (Å²) in [4.78, 5) is 12.0. The van der Waals surface area contributed by atoms with E-state index in [1.54, 1.807) is 0 Å². The summed E-state index contributed by atoms with van der Waals surface area (Å²) in [7, 11) is 0. The van der Waals surface area contributed by atoms with Gasteiger partial charge in [0.15, 0.2) is 0 Å². The normalized spacial score (nSPS) is 44.7. The van der Waals surface area contributed by atoms with Gasteiger partial charge in [-0.25, -0.2) is 4.79 Å². The van der Waals surface area contributed by atoms with Gasteiger partial charge in [-0.05, 0) is 33.8 Å². The molecule has 1 aliphatic carbocycles. The number of ether oxygens (including phenoxy) is 3. The van der Waals surface area contributed by atoms with E-state index < -0.39 is 0 Å². The predicted octanol–water partition coefficient (Wildman–Crippen LogP) is 2.94. The van der Waals surface area contributed by atoms with E-state index in [-0.39, 0.29) is 41.9 Å². The van der Waals surface area contributed by atoms with Crippen molar-refractivity contribution in [3.05, 3.63) is 36.0 Å². The molecule has 0 saturated carbocycles. The number of hydrogen-bond acceptors (Lipinski definition) is 4. The number of carbonyl (C=O) groups excluding carboxylic acids is 1. The molecule has 3 rings (SSSR count). The Morgan fingerprint density at radius 1 is 1.45 bits per heavy atom. The molecule has 0 aromatic carbocycles. The smallest absolute Gasteiger partial charge is 0.334 e. The molecule has 0 unspecified atom stereocenters. The van der Waals surface area contributed by atoms with Crippen molar-refractivity contribution < 1.29 is 19.0 Å². The van der Waals surface area contributed by atoms with Crippen molar-refractivity contribution in [3.8, 4) is 0 Å². The van der Waals surface area contributed by atoms with Crippen LogP contribution in [0.5, 0.6) is 0 Å². The Morgan fingerprint density at radius 3 is 2.86 bits per heavy atom. The number of allylic oxidation sites excluding steroid dienone is 2. The molecule has 2 saturated heterocycles. The SMILES string of the molecule is C=C1C(=O)O[C@H]2/C=C(C)\C=C/[C@H]3O[C@]3(C)C[C@@H](OC(C)C)[C@@H]12. The summed E-state index contributed by atoms with van der Waals surface area (Å²) >= 11 is 0. The van der Waals surface area contributed by atoms with Crippen LogP contribution >= 0.6 is 0 Å². The fourth-order valence-corrected chi connectivity index (χ4v) is 3.41. The molecule has 22 heavy (non-hydrogen) atoms. The average Bonchev–Trinajstić information content (AvgIpc) is 2.95. The first-order valence-electron chi connectivity index (χ1n) is 7.90. The lowest BCUT2D eigenvalue weighted by atomic mass is 9.83. The van der Waals surface area contributed by atoms with Crippen LogP contribution in [0.2, 0.25) is 0 Å². The predicted molar refractivity (Wildman–Crippen MR) is 83.3 cm³/mol. The summed E-state index contributed by atoms with van der Waals surface area (Å²) in [6.07, 6.45) is 6.54. The quantitative estimate of drug-likeness (QED) is 0.447. The van der Waals surface area contributed by atoms with Crippen molar-refractivity contribution in [2.45, 2.75) is 64.1 Å². The number of fused-ring (bicyclic) bond motifs is 2. The Hall–Kier alpha value is -1.39. The van der Waals surface area contributed by atoms with E-state index >= 15 is 0 Å². The Balaban J connectivity index is 1.98. The molecule has 120 valence electrons. The number of rotatable bonds is 2. The highest BCUT2D eigenvalue weighted by molar-refractivity contribution is 5.91. The second-order valence-corrected chi connectivity index (χ2v) is 6.97. The maximum absolute atomic E-state index is 12.0. The van der Waals surface area contributed by atoms with Crippen LogP contribution in [0.15, 0.2) is 36.0 Å². The highest BCUT2D eigenvalue weighted by Crippen LogP contribution is 2.46. The van der Waals surface area contributed by atoms with Crippen LogP contribution < -0.4 is 0 Å². The fourth-order valence-electron chi connectivity index (χ4n) is 3.41. The number of hydrogen-bond donors (Lipinski definition) is 0. The summed E-state index contributed by atoms with van der Waals surface area (Å²) < 4.78 is 17.5. The molecule has 3 aliphatic rings. The number of epoxide rings is 1. The summed E-state index contributed by atoms with van der Waals surface area (Å²) in [5, 5.41) is 0. The van der Waals surface area contributed by atoms with Crippen molar-refractivity contribution in [1.29, 1.82) is 0 Å². The Labute approximate surface area is 131 Å². The first kappa shape index (κ1) is 15.5. The van der Waals surface area contributed by atoms with Crippen LogP contribution in [0, 0.1) is 5.92 Å². The van der Waals surface area contributed by atoms with Gasteiger partial charge < -0.3 is 14.2 Å². The van der Waals surface area contributed by atoms with Gasteiger partial charge in [0.25, 0.3) is 0 Å². The maximum atomic E-state index is 12.0. The van der Waals surface area contributed by atoms with E-state index in [0.717, 1.165) is 12.0 Å². The van der Waals surface area contributed by atoms with E-state index in [1.807, 2.05) is 32.9 Å². The van der Waals surface area contributed by atoms with Crippen molar-refractivity contribution in [2.75, 3.05) is 0 Å². The number of carbonyl (C=O) groups is 1. The summed E-state index contributed by atoms with van der Waals surface area (Å²) in [6.45, 7) is 12.0. The van der Waals surface area contributed by atoms with Crippen LogP contribution in [-0.4, -0.2) is 36.0 Å². The summed E-state index contributed by atoms with van der Waals surface area (Å²) in [5.41, 5.74) is 1.33. The van der Waals surface area contributed by atoms with Crippen molar-refractivity contribution in [3.63, 3.8) is 0 Å². The molecule has 0 radical (unpaired) electrons. The zero-order chi connectivity index (χ0) is 16.1. The molecule has 0 bridgehead atoms.